The molecule has 1 saturated heterocycles. The van der Waals surface area contributed by atoms with E-state index in [2.05, 4.69) is 5.32 Å². The molecule has 1 N–H and O–H groups in total. The predicted octanol–water partition coefficient (Wildman–Crippen LogP) is -2.15. The Kier molecular flexibility index (Phi) is 6.63. The van der Waals surface area contributed by atoms with Gasteiger partial charge < -0.3 is 9.71 Å². The van der Waals surface area contributed by atoms with Gasteiger partial charge in [-0.2, -0.15) is 8.78 Å². The Bertz CT molecular complexity index is 1330. The molecule has 2 aliphatic rings. The van der Waals surface area contributed by atoms with Crippen molar-refractivity contribution in [2.45, 2.75) is 35.5 Å². The number of hydrogen-bond acceptors (Lipinski definition) is 4. The van der Waals surface area contributed by atoms with Crippen molar-refractivity contribution in [3.05, 3.63) is 69.7 Å². The van der Waals surface area contributed by atoms with Crippen LogP contribution in [0.3, 0.4) is 0 Å². The summed E-state index contributed by atoms with van der Waals surface area (Å²) < 4.78 is 29.9. The SMILES string of the molecule is BC(c1ccc2c(c1)CN([C@@]1(B)C(=O)NC(=O)CC1(B)B)C2=O)N(B)C(=O)C(F)(F)c1ccc(Cl)cc1. The number of piperidine rings is 1. The zero-order chi connectivity index (χ0) is 27.5. The van der Waals surface area contributed by atoms with Crippen LogP contribution in [0, 0.1) is 0 Å². The molecule has 15 heteroatoms. The fourth-order valence-electron chi connectivity index (χ4n) is 5.03. The number of carbonyl (C=O) groups excluding carboxylic acids is 4. The van der Waals surface area contributed by atoms with E-state index in [1.54, 1.807) is 49.6 Å². The molecule has 2 heterocycles. The van der Waals surface area contributed by atoms with Gasteiger partial charge in [0.05, 0.1) is 5.44 Å². The van der Waals surface area contributed by atoms with Crippen LogP contribution in [0.15, 0.2) is 42.5 Å². The summed E-state index contributed by atoms with van der Waals surface area (Å²) in [6.07, 6.45) is 0.0758. The van der Waals surface area contributed by atoms with E-state index in [4.69, 9.17) is 11.6 Å². The van der Waals surface area contributed by atoms with Crippen molar-refractivity contribution in [2.75, 3.05) is 0 Å². The molecule has 186 valence electrons. The third kappa shape index (κ3) is 4.29. The highest BCUT2D eigenvalue weighted by Crippen LogP contribution is 2.45. The number of imide groups is 1. The molecule has 2 aromatic carbocycles. The minimum absolute atomic E-state index is 0.0758. The lowest BCUT2D eigenvalue weighted by Crippen LogP contribution is -2.70. The largest absolute Gasteiger partial charge is 0.389 e. The molecule has 2 aromatic rings. The van der Waals surface area contributed by atoms with E-state index >= 15 is 0 Å². The van der Waals surface area contributed by atoms with Crippen LogP contribution in [-0.2, 0) is 26.9 Å². The number of benzene rings is 2. The molecule has 0 aromatic heterocycles. The number of nitrogens with zero attached hydrogens (tertiary/aromatic N) is 2. The van der Waals surface area contributed by atoms with Crippen LogP contribution in [0.4, 0.5) is 8.78 Å². The van der Waals surface area contributed by atoms with Gasteiger partial charge in [0.1, 0.15) is 31.4 Å². The molecule has 4 amide bonds. The molecular formula is C22H23B5ClF2N3O4. The number of carbonyl (C=O) groups is 4. The summed E-state index contributed by atoms with van der Waals surface area (Å²) in [5, 5.41) is 1.81. The molecule has 1 unspecified atom stereocenters. The van der Waals surface area contributed by atoms with Crippen molar-refractivity contribution in [1.29, 1.82) is 0 Å². The van der Waals surface area contributed by atoms with E-state index in [1.807, 2.05) is 0 Å². The van der Waals surface area contributed by atoms with Gasteiger partial charge in [-0.15, -0.1) is 0 Å². The second-order valence-electron chi connectivity index (χ2n) is 10.5. The van der Waals surface area contributed by atoms with Crippen LogP contribution in [0.2, 0.25) is 10.2 Å². The maximum Gasteiger partial charge on any atom is 0.348 e. The summed E-state index contributed by atoms with van der Waals surface area (Å²) in [4.78, 5) is 53.5. The van der Waals surface area contributed by atoms with E-state index in [1.165, 1.54) is 25.0 Å². The number of fused-ring (bicyclic) bond motifs is 1. The lowest BCUT2D eigenvalue weighted by molar-refractivity contribution is -0.154. The van der Waals surface area contributed by atoms with Gasteiger partial charge >= 0.3 is 5.92 Å². The lowest BCUT2D eigenvalue weighted by atomic mass is 9.36. The molecule has 1 fully saturated rings. The first-order chi connectivity index (χ1) is 17.1. The first kappa shape index (κ1) is 27.0. The minimum Gasteiger partial charge on any atom is -0.389 e. The van der Waals surface area contributed by atoms with E-state index < -0.39 is 45.8 Å². The Morgan fingerprint density at radius 1 is 1.11 bits per heavy atom. The fraction of sp³-hybridized carbons (Fsp3) is 0.273. The van der Waals surface area contributed by atoms with Crippen LogP contribution in [-0.4, -0.2) is 78.1 Å². The number of rotatable bonds is 5. The van der Waals surface area contributed by atoms with Crippen molar-refractivity contribution in [2.24, 2.45) is 0 Å². The highest BCUT2D eigenvalue weighted by atomic mass is 35.5. The Hall–Kier alpha value is -3.01. The van der Waals surface area contributed by atoms with Gasteiger partial charge in [0.2, 0.25) is 19.8 Å². The second-order valence-corrected chi connectivity index (χ2v) is 10.9. The molecule has 0 saturated carbocycles. The quantitative estimate of drug-likeness (QED) is 0.360. The minimum atomic E-state index is -3.76. The third-order valence-corrected chi connectivity index (χ3v) is 8.20. The zero-order valence-corrected chi connectivity index (χ0v) is 22.0. The third-order valence-electron chi connectivity index (χ3n) is 7.95. The molecule has 2 aliphatic heterocycles. The first-order valence-electron chi connectivity index (χ1n) is 11.8. The molecule has 0 radical (unpaired) electrons. The molecule has 0 aliphatic carbocycles. The van der Waals surface area contributed by atoms with Crippen LogP contribution < -0.4 is 5.32 Å². The summed E-state index contributed by atoms with van der Waals surface area (Å²) in [5.41, 5.74) is -0.185. The van der Waals surface area contributed by atoms with Crippen molar-refractivity contribution < 1.29 is 28.0 Å². The average molecular weight is 521 g/mol. The number of nitrogens with one attached hydrogen (secondary N) is 1. The summed E-state index contributed by atoms with van der Waals surface area (Å²) >= 11 is 5.78. The summed E-state index contributed by atoms with van der Waals surface area (Å²) in [6, 6.07) is 9.74. The van der Waals surface area contributed by atoms with Crippen molar-refractivity contribution in [3.63, 3.8) is 0 Å². The van der Waals surface area contributed by atoms with Gasteiger partial charge in [0.15, 0.2) is 0 Å². The lowest BCUT2D eigenvalue weighted by Gasteiger charge is -2.51. The highest BCUT2D eigenvalue weighted by molar-refractivity contribution is 6.52. The fourth-order valence-corrected chi connectivity index (χ4v) is 5.15. The van der Waals surface area contributed by atoms with Gasteiger partial charge in [-0.1, -0.05) is 41.1 Å². The Morgan fingerprint density at radius 3 is 2.32 bits per heavy atom. The molecule has 0 spiro atoms. The maximum absolute atomic E-state index is 15.0. The summed E-state index contributed by atoms with van der Waals surface area (Å²) in [7, 11) is 8.11. The van der Waals surface area contributed by atoms with Crippen LogP contribution in [0.1, 0.15) is 39.4 Å². The molecule has 37 heavy (non-hydrogen) atoms. The van der Waals surface area contributed by atoms with Crippen LogP contribution in [0.5, 0.6) is 0 Å². The van der Waals surface area contributed by atoms with E-state index in [0.29, 0.717) is 16.7 Å². The average Bonchev–Trinajstić information content (AvgIpc) is 3.16. The zero-order valence-electron chi connectivity index (χ0n) is 21.2. The van der Waals surface area contributed by atoms with Gasteiger partial charge in [-0.25, -0.2) is 0 Å². The predicted molar refractivity (Wildman–Crippen MR) is 147 cm³/mol. The topological polar surface area (TPSA) is 86.8 Å². The smallest absolute Gasteiger partial charge is 0.348 e. The molecule has 7 nitrogen and oxygen atoms in total. The van der Waals surface area contributed by atoms with Gasteiger partial charge in [0, 0.05) is 35.1 Å². The second kappa shape index (κ2) is 9.08. The molecule has 0 bridgehead atoms. The van der Waals surface area contributed by atoms with Crippen molar-refractivity contribution in [3.8, 4) is 0 Å². The summed E-state index contributed by atoms with van der Waals surface area (Å²) in [6.45, 7) is 0.106. The molecular weight excluding hydrogens is 498 g/mol. The maximum atomic E-state index is 15.0. The normalized spacial score (nSPS) is 21.8. The highest BCUT2D eigenvalue weighted by Gasteiger charge is 2.57. The standard InChI is InChI=1S/C22H23B5ClF2N3O4/c23-16(33(27)19(37)21(29,30)12-2-4-13(28)5-3-12)10-1-6-14-11(7-10)9-32(17(14)35)22(26)18(36)31-15(34)8-20(22,24)25/h1-7,16H,8-9,23-27H2,(H,31,34,36)/t16?,22-/m0/s1. The Labute approximate surface area is 222 Å². The molecule has 2 atom stereocenters. The number of hydrogen-bond donors (Lipinski definition) is 1. The van der Waals surface area contributed by atoms with Crippen molar-refractivity contribution in [1.82, 2.24) is 15.0 Å². The summed E-state index contributed by atoms with van der Waals surface area (Å²) in [5.74, 6) is -7.16. The Morgan fingerprint density at radius 2 is 1.73 bits per heavy atom. The number of alkyl halides is 2. The monoisotopic (exact) mass is 521 g/mol. The number of halogens is 3. The Balaban J connectivity index is 1.59. The first-order valence-corrected chi connectivity index (χ1v) is 12.2. The van der Waals surface area contributed by atoms with E-state index in [-0.39, 0.29) is 23.9 Å². The van der Waals surface area contributed by atoms with Gasteiger partial charge in [-0.3, -0.25) is 24.5 Å². The van der Waals surface area contributed by atoms with Gasteiger partial charge in [-0.05, 0) is 29.3 Å². The number of amides is 4. The molecule has 4 rings (SSSR count). The van der Waals surface area contributed by atoms with E-state index in [0.717, 1.165) is 16.9 Å². The van der Waals surface area contributed by atoms with E-state index in [9.17, 15) is 28.0 Å². The van der Waals surface area contributed by atoms with Gasteiger partial charge in [0.25, 0.3) is 11.8 Å². The van der Waals surface area contributed by atoms with Crippen LogP contribution >= 0.6 is 11.6 Å². The van der Waals surface area contributed by atoms with Crippen molar-refractivity contribution >= 4 is 74.6 Å². The van der Waals surface area contributed by atoms with Crippen LogP contribution in [0.25, 0.3) is 0 Å².